The van der Waals surface area contributed by atoms with Gasteiger partial charge in [0.15, 0.2) is 9.84 Å². The van der Waals surface area contributed by atoms with Crippen molar-refractivity contribution in [1.82, 2.24) is 0 Å². The summed E-state index contributed by atoms with van der Waals surface area (Å²) in [6.45, 7) is 5.37. The zero-order chi connectivity index (χ0) is 13.1. The Bertz CT molecular complexity index is 458. The highest BCUT2D eigenvalue weighted by atomic mass is 32.2. The van der Waals surface area contributed by atoms with Crippen LogP contribution in [-0.2, 0) is 16.3 Å². The van der Waals surface area contributed by atoms with Gasteiger partial charge in [0.25, 0.3) is 0 Å². The lowest BCUT2D eigenvalue weighted by Gasteiger charge is -2.21. The van der Waals surface area contributed by atoms with Gasteiger partial charge in [0.05, 0.1) is 10.6 Å². The maximum absolute atomic E-state index is 12.1. The van der Waals surface area contributed by atoms with Gasteiger partial charge < -0.3 is 5.11 Å². The highest BCUT2D eigenvalue weighted by Gasteiger charge is 2.26. The van der Waals surface area contributed by atoms with E-state index in [0.717, 1.165) is 12.0 Å². The largest absolute Gasteiger partial charge is 0.396 e. The van der Waals surface area contributed by atoms with Crippen molar-refractivity contribution in [2.45, 2.75) is 32.1 Å². The Morgan fingerprint density at radius 1 is 1.18 bits per heavy atom. The molecule has 0 saturated heterocycles. The molecule has 1 N–H and O–H groups in total. The Morgan fingerprint density at radius 3 is 2.12 bits per heavy atom. The first-order valence-electron chi connectivity index (χ1n) is 5.73. The summed E-state index contributed by atoms with van der Waals surface area (Å²) >= 11 is 0. The quantitative estimate of drug-likeness (QED) is 0.877. The number of hydrogen-bond acceptors (Lipinski definition) is 3. The number of benzene rings is 1. The van der Waals surface area contributed by atoms with Crippen LogP contribution in [0.2, 0.25) is 0 Å². The fraction of sp³-hybridized carbons (Fsp3) is 0.538. The zero-order valence-electron chi connectivity index (χ0n) is 10.6. The molecule has 0 heterocycles. The van der Waals surface area contributed by atoms with Crippen molar-refractivity contribution in [3.63, 3.8) is 0 Å². The molecule has 17 heavy (non-hydrogen) atoms. The standard InChI is InChI=1S/C13H20O3S/c1-4-11-5-7-12(8-6-11)17(15,16)10-13(2,3)9-14/h5-8,14H,4,9-10H2,1-3H3. The summed E-state index contributed by atoms with van der Waals surface area (Å²) in [5.41, 5.74) is 0.507. The second-order valence-corrected chi connectivity index (χ2v) is 7.07. The molecular weight excluding hydrogens is 236 g/mol. The van der Waals surface area contributed by atoms with Crippen LogP contribution < -0.4 is 0 Å². The molecule has 0 amide bonds. The van der Waals surface area contributed by atoms with E-state index in [0.29, 0.717) is 4.90 Å². The normalized spacial score (nSPS) is 12.7. The summed E-state index contributed by atoms with van der Waals surface area (Å²) < 4.78 is 24.2. The van der Waals surface area contributed by atoms with Gasteiger partial charge in [-0.15, -0.1) is 0 Å². The van der Waals surface area contributed by atoms with E-state index in [1.54, 1.807) is 26.0 Å². The Hall–Kier alpha value is -0.870. The summed E-state index contributed by atoms with van der Waals surface area (Å²) in [6, 6.07) is 6.95. The van der Waals surface area contributed by atoms with Crippen molar-refractivity contribution < 1.29 is 13.5 Å². The van der Waals surface area contributed by atoms with Crippen molar-refractivity contribution >= 4 is 9.84 Å². The van der Waals surface area contributed by atoms with E-state index in [2.05, 4.69) is 0 Å². The van der Waals surface area contributed by atoms with Crippen LogP contribution in [0.5, 0.6) is 0 Å². The van der Waals surface area contributed by atoms with Crippen molar-refractivity contribution in [2.24, 2.45) is 5.41 Å². The monoisotopic (exact) mass is 256 g/mol. The average Bonchev–Trinajstić information content (AvgIpc) is 2.28. The van der Waals surface area contributed by atoms with E-state index >= 15 is 0 Å². The van der Waals surface area contributed by atoms with E-state index in [-0.39, 0.29) is 12.4 Å². The average molecular weight is 256 g/mol. The van der Waals surface area contributed by atoms with Crippen LogP contribution in [0.4, 0.5) is 0 Å². The number of aliphatic hydroxyl groups is 1. The van der Waals surface area contributed by atoms with Gasteiger partial charge in [-0.1, -0.05) is 32.9 Å². The van der Waals surface area contributed by atoms with E-state index < -0.39 is 15.3 Å². The molecule has 0 fully saturated rings. The van der Waals surface area contributed by atoms with E-state index in [9.17, 15) is 8.42 Å². The number of sulfone groups is 1. The molecule has 3 nitrogen and oxygen atoms in total. The Morgan fingerprint density at radius 2 is 1.71 bits per heavy atom. The van der Waals surface area contributed by atoms with Crippen LogP contribution in [0.15, 0.2) is 29.2 Å². The molecule has 0 unspecified atom stereocenters. The smallest absolute Gasteiger partial charge is 0.178 e. The molecule has 1 aromatic rings. The highest BCUT2D eigenvalue weighted by molar-refractivity contribution is 7.91. The summed E-state index contributed by atoms with van der Waals surface area (Å²) in [7, 11) is -3.32. The van der Waals surface area contributed by atoms with Crippen LogP contribution in [0, 0.1) is 5.41 Å². The SMILES string of the molecule is CCc1ccc(S(=O)(=O)CC(C)(C)CO)cc1. The van der Waals surface area contributed by atoms with Crippen LogP contribution >= 0.6 is 0 Å². The van der Waals surface area contributed by atoms with E-state index in [1.807, 2.05) is 19.1 Å². The zero-order valence-corrected chi connectivity index (χ0v) is 11.4. The topological polar surface area (TPSA) is 54.4 Å². The molecule has 4 heteroatoms. The summed E-state index contributed by atoms with van der Waals surface area (Å²) in [6.07, 6.45) is 0.891. The molecule has 1 aromatic carbocycles. The van der Waals surface area contributed by atoms with Gasteiger partial charge in [-0.05, 0) is 24.1 Å². The van der Waals surface area contributed by atoms with Gasteiger partial charge in [-0.2, -0.15) is 0 Å². The number of aliphatic hydroxyl groups excluding tert-OH is 1. The predicted molar refractivity (Wildman–Crippen MR) is 68.7 cm³/mol. The van der Waals surface area contributed by atoms with Gasteiger partial charge in [0, 0.05) is 12.0 Å². The third-order valence-electron chi connectivity index (χ3n) is 2.70. The van der Waals surface area contributed by atoms with Crippen LogP contribution in [0.25, 0.3) is 0 Å². The molecule has 0 aliphatic carbocycles. The van der Waals surface area contributed by atoms with Gasteiger partial charge >= 0.3 is 0 Å². The summed E-state index contributed by atoms with van der Waals surface area (Å²) in [5, 5.41) is 9.12. The Labute approximate surface area is 103 Å². The Balaban J connectivity index is 2.97. The molecule has 0 aromatic heterocycles. The van der Waals surface area contributed by atoms with Crippen molar-refractivity contribution in [1.29, 1.82) is 0 Å². The fourth-order valence-corrected chi connectivity index (χ4v) is 3.41. The predicted octanol–water partition coefficient (Wildman–Crippen LogP) is 2.04. The first-order valence-corrected chi connectivity index (χ1v) is 7.38. The maximum Gasteiger partial charge on any atom is 0.178 e. The molecule has 0 aliphatic rings. The molecule has 0 bridgehead atoms. The third-order valence-corrected chi connectivity index (χ3v) is 4.85. The van der Waals surface area contributed by atoms with Gasteiger partial charge in [0.2, 0.25) is 0 Å². The van der Waals surface area contributed by atoms with Crippen molar-refractivity contribution in [3.05, 3.63) is 29.8 Å². The number of aryl methyl sites for hydroxylation is 1. The molecule has 0 radical (unpaired) electrons. The molecule has 0 aliphatic heterocycles. The second kappa shape index (κ2) is 5.19. The molecule has 0 saturated carbocycles. The van der Waals surface area contributed by atoms with Gasteiger partial charge in [-0.3, -0.25) is 0 Å². The van der Waals surface area contributed by atoms with Crippen LogP contribution in [0.3, 0.4) is 0 Å². The van der Waals surface area contributed by atoms with Crippen molar-refractivity contribution in [3.8, 4) is 0 Å². The summed E-state index contributed by atoms with van der Waals surface area (Å²) in [5.74, 6) is -0.0397. The first-order chi connectivity index (χ1) is 7.80. The minimum atomic E-state index is -3.32. The third kappa shape index (κ3) is 3.82. The molecule has 0 atom stereocenters. The maximum atomic E-state index is 12.1. The van der Waals surface area contributed by atoms with Gasteiger partial charge in [-0.25, -0.2) is 8.42 Å². The second-order valence-electron chi connectivity index (χ2n) is 5.08. The molecule has 0 spiro atoms. The molecule has 1 rings (SSSR count). The lowest BCUT2D eigenvalue weighted by Crippen LogP contribution is -2.27. The number of hydrogen-bond donors (Lipinski definition) is 1. The van der Waals surface area contributed by atoms with Gasteiger partial charge in [0.1, 0.15) is 0 Å². The number of rotatable bonds is 5. The summed E-state index contributed by atoms with van der Waals surface area (Å²) in [4.78, 5) is 0.330. The highest BCUT2D eigenvalue weighted by Crippen LogP contribution is 2.22. The molecule has 96 valence electrons. The first kappa shape index (κ1) is 14.2. The van der Waals surface area contributed by atoms with E-state index in [4.69, 9.17) is 5.11 Å². The van der Waals surface area contributed by atoms with E-state index in [1.165, 1.54) is 0 Å². The lowest BCUT2D eigenvalue weighted by atomic mass is 9.98. The Kier molecular flexibility index (Phi) is 4.33. The minimum absolute atomic E-state index is 0.0397. The fourth-order valence-electron chi connectivity index (χ4n) is 1.58. The lowest BCUT2D eigenvalue weighted by molar-refractivity contribution is 0.179. The molecular formula is C13H20O3S. The minimum Gasteiger partial charge on any atom is -0.396 e. The van der Waals surface area contributed by atoms with Crippen LogP contribution in [-0.4, -0.2) is 25.9 Å². The van der Waals surface area contributed by atoms with Crippen LogP contribution in [0.1, 0.15) is 26.3 Å². The van der Waals surface area contributed by atoms with Crippen molar-refractivity contribution in [2.75, 3.05) is 12.4 Å².